The third-order valence-electron chi connectivity index (χ3n) is 1.71. The van der Waals surface area contributed by atoms with Crippen molar-refractivity contribution in [3.63, 3.8) is 0 Å². The summed E-state index contributed by atoms with van der Waals surface area (Å²) in [7, 11) is 0. The van der Waals surface area contributed by atoms with E-state index in [9.17, 15) is 0 Å². The van der Waals surface area contributed by atoms with E-state index >= 15 is 0 Å². The van der Waals surface area contributed by atoms with Gasteiger partial charge in [0.25, 0.3) is 0 Å². The van der Waals surface area contributed by atoms with Crippen LogP contribution in [0.1, 0.15) is 26.2 Å². The Morgan fingerprint density at radius 2 is 2.25 bits per heavy atom. The van der Waals surface area contributed by atoms with Crippen LogP contribution in [0.5, 0.6) is 0 Å². The van der Waals surface area contributed by atoms with Crippen molar-refractivity contribution >= 4 is 0 Å². The molecule has 0 bridgehead atoms. The molecule has 0 aliphatic heterocycles. The van der Waals surface area contributed by atoms with E-state index in [4.69, 9.17) is 5.11 Å². The molecular weight excluding hydrogens is 100 g/mol. The van der Waals surface area contributed by atoms with Crippen LogP contribution in [-0.4, -0.2) is 11.2 Å². The second kappa shape index (κ2) is 2.49. The first-order valence-electron chi connectivity index (χ1n) is 3.32. The Kier molecular flexibility index (Phi) is 1.90. The zero-order valence-corrected chi connectivity index (χ0v) is 5.30. The highest BCUT2D eigenvalue weighted by Crippen LogP contribution is 2.21. The van der Waals surface area contributed by atoms with Crippen LogP contribution in [0, 0.1) is 12.3 Å². The molecule has 0 saturated heterocycles. The third-order valence-corrected chi connectivity index (χ3v) is 1.71. The average molecular weight is 113 g/mol. The van der Waals surface area contributed by atoms with Crippen molar-refractivity contribution in [3.05, 3.63) is 6.42 Å². The van der Waals surface area contributed by atoms with Gasteiger partial charge in [0.05, 0.1) is 6.10 Å². The summed E-state index contributed by atoms with van der Waals surface area (Å²) in [5.74, 6) is 0.638. The van der Waals surface area contributed by atoms with Crippen molar-refractivity contribution in [1.82, 2.24) is 0 Å². The van der Waals surface area contributed by atoms with Crippen molar-refractivity contribution in [2.75, 3.05) is 0 Å². The lowest BCUT2D eigenvalue weighted by Gasteiger charge is -2.21. The van der Waals surface area contributed by atoms with Gasteiger partial charge in [0.2, 0.25) is 0 Å². The van der Waals surface area contributed by atoms with E-state index in [1.54, 1.807) is 0 Å². The van der Waals surface area contributed by atoms with Crippen molar-refractivity contribution < 1.29 is 5.11 Å². The number of aliphatic hydroxyl groups is 1. The molecule has 1 radical (unpaired) electrons. The number of aliphatic hydroxyl groups excluding tert-OH is 1. The largest absolute Gasteiger partial charge is 0.393 e. The van der Waals surface area contributed by atoms with Gasteiger partial charge in [-0.05, 0) is 18.8 Å². The Morgan fingerprint density at radius 3 is 2.62 bits per heavy atom. The van der Waals surface area contributed by atoms with Gasteiger partial charge in [-0.2, -0.15) is 0 Å². The maximum absolute atomic E-state index is 9.02. The molecule has 0 aromatic rings. The van der Waals surface area contributed by atoms with Crippen LogP contribution < -0.4 is 0 Å². The molecule has 2 unspecified atom stereocenters. The first kappa shape index (κ1) is 6.09. The topological polar surface area (TPSA) is 20.2 Å². The molecule has 0 heterocycles. The Labute approximate surface area is 50.7 Å². The summed E-state index contributed by atoms with van der Waals surface area (Å²) >= 11 is 0. The molecule has 1 fully saturated rings. The van der Waals surface area contributed by atoms with Crippen LogP contribution in [0.3, 0.4) is 0 Å². The molecule has 0 aromatic heterocycles. The van der Waals surface area contributed by atoms with Crippen molar-refractivity contribution in [1.29, 1.82) is 0 Å². The fourth-order valence-electron chi connectivity index (χ4n) is 1.22. The van der Waals surface area contributed by atoms with Crippen LogP contribution in [0.4, 0.5) is 0 Å². The minimum absolute atomic E-state index is 0.112. The van der Waals surface area contributed by atoms with Crippen molar-refractivity contribution in [3.8, 4) is 0 Å². The molecule has 0 spiro atoms. The van der Waals surface area contributed by atoms with Gasteiger partial charge in [0, 0.05) is 0 Å². The summed E-state index contributed by atoms with van der Waals surface area (Å²) in [6.45, 7) is 2.16. The van der Waals surface area contributed by atoms with Gasteiger partial charge in [0.1, 0.15) is 0 Å². The lowest BCUT2D eigenvalue weighted by Crippen LogP contribution is -2.17. The van der Waals surface area contributed by atoms with E-state index in [0.717, 1.165) is 6.42 Å². The van der Waals surface area contributed by atoms with E-state index in [1.165, 1.54) is 12.8 Å². The summed E-state index contributed by atoms with van der Waals surface area (Å²) in [6, 6.07) is 0. The fraction of sp³-hybridized carbons (Fsp3) is 0.857. The van der Waals surface area contributed by atoms with Gasteiger partial charge in [-0.3, -0.25) is 0 Å². The van der Waals surface area contributed by atoms with Crippen LogP contribution >= 0.6 is 0 Å². The number of hydrogen-bond donors (Lipinski definition) is 1. The minimum atomic E-state index is -0.112. The maximum Gasteiger partial charge on any atom is 0.0574 e. The summed E-state index contributed by atoms with van der Waals surface area (Å²) in [4.78, 5) is 0. The molecule has 1 N–H and O–H groups in total. The first-order valence-corrected chi connectivity index (χ1v) is 3.32. The Morgan fingerprint density at radius 1 is 1.50 bits per heavy atom. The van der Waals surface area contributed by atoms with Gasteiger partial charge in [-0.1, -0.05) is 19.8 Å². The maximum atomic E-state index is 9.02. The van der Waals surface area contributed by atoms with E-state index < -0.39 is 0 Å². The molecule has 1 rings (SSSR count). The molecule has 8 heavy (non-hydrogen) atoms. The van der Waals surface area contributed by atoms with Crippen molar-refractivity contribution in [2.45, 2.75) is 32.3 Å². The van der Waals surface area contributed by atoms with Gasteiger partial charge < -0.3 is 5.11 Å². The SMILES string of the molecule is CC1[CH]C(O)CCC1. The molecule has 47 valence electrons. The van der Waals surface area contributed by atoms with Gasteiger partial charge in [-0.25, -0.2) is 0 Å². The molecule has 1 heteroatoms. The quantitative estimate of drug-likeness (QED) is 0.503. The van der Waals surface area contributed by atoms with E-state index in [1.807, 2.05) is 6.42 Å². The molecule has 1 saturated carbocycles. The summed E-state index contributed by atoms with van der Waals surface area (Å²) < 4.78 is 0. The van der Waals surface area contributed by atoms with Gasteiger partial charge >= 0.3 is 0 Å². The monoisotopic (exact) mass is 113 g/mol. The lowest BCUT2D eigenvalue weighted by molar-refractivity contribution is 0.158. The molecule has 1 aliphatic rings. The predicted molar refractivity (Wildman–Crippen MR) is 33.3 cm³/mol. The highest BCUT2D eigenvalue weighted by Gasteiger charge is 2.15. The molecule has 0 amide bonds. The second-order valence-corrected chi connectivity index (χ2v) is 2.67. The minimum Gasteiger partial charge on any atom is -0.393 e. The Hall–Kier alpha value is -0.0400. The normalized spacial score (nSPS) is 39.8. The molecular formula is C7H13O. The van der Waals surface area contributed by atoms with Gasteiger partial charge in [0.15, 0.2) is 0 Å². The summed E-state index contributed by atoms with van der Waals surface area (Å²) in [5.41, 5.74) is 0. The molecule has 0 aromatic carbocycles. The molecule has 1 aliphatic carbocycles. The highest BCUT2D eigenvalue weighted by molar-refractivity contribution is 4.85. The van der Waals surface area contributed by atoms with E-state index in [2.05, 4.69) is 6.92 Å². The van der Waals surface area contributed by atoms with Crippen LogP contribution in [0.15, 0.2) is 0 Å². The average Bonchev–Trinajstić information content (AvgIpc) is 1.64. The van der Waals surface area contributed by atoms with Gasteiger partial charge in [-0.15, -0.1) is 0 Å². The fourth-order valence-corrected chi connectivity index (χ4v) is 1.22. The Bertz CT molecular complexity index is 62.8. The highest BCUT2D eigenvalue weighted by atomic mass is 16.3. The second-order valence-electron chi connectivity index (χ2n) is 2.67. The standard InChI is InChI=1S/C7H13O/c1-6-3-2-4-7(8)5-6/h5-8H,2-4H2,1H3. The first-order chi connectivity index (χ1) is 3.79. The van der Waals surface area contributed by atoms with Crippen molar-refractivity contribution in [2.24, 2.45) is 5.92 Å². The van der Waals surface area contributed by atoms with Crippen LogP contribution in [-0.2, 0) is 0 Å². The Balaban J connectivity index is 2.23. The number of hydrogen-bond acceptors (Lipinski definition) is 1. The van der Waals surface area contributed by atoms with Crippen LogP contribution in [0.25, 0.3) is 0 Å². The summed E-state index contributed by atoms with van der Waals surface area (Å²) in [6.07, 6.45) is 5.35. The predicted octanol–water partition coefficient (Wildman–Crippen LogP) is 1.37. The smallest absolute Gasteiger partial charge is 0.0574 e. The zero-order chi connectivity index (χ0) is 5.98. The third kappa shape index (κ3) is 1.48. The molecule has 2 atom stereocenters. The lowest BCUT2D eigenvalue weighted by atomic mass is 9.89. The summed E-state index contributed by atoms with van der Waals surface area (Å²) in [5, 5.41) is 9.02. The number of rotatable bonds is 0. The van der Waals surface area contributed by atoms with E-state index in [-0.39, 0.29) is 6.10 Å². The molecule has 1 nitrogen and oxygen atoms in total. The van der Waals surface area contributed by atoms with E-state index in [0.29, 0.717) is 5.92 Å². The van der Waals surface area contributed by atoms with Crippen LogP contribution in [0.2, 0.25) is 0 Å². The zero-order valence-electron chi connectivity index (χ0n) is 5.30.